The molecule has 1 rings (SSSR count). The number of carbonyl (C=O) groups excluding carboxylic acids is 1. The van der Waals surface area contributed by atoms with E-state index in [0.29, 0.717) is 18.4 Å². The van der Waals surface area contributed by atoms with Crippen LogP contribution in [0.1, 0.15) is 51.5 Å². The SMILES string of the molecule is CCCCCC(=O)NC(CC)(C(=O)O)c1ccccc1. The number of hydrogen-bond acceptors (Lipinski definition) is 2. The average molecular weight is 277 g/mol. The van der Waals surface area contributed by atoms with Crippen molar-refractivity contribution >= 4 is 11.9 Å². The lowest BCUT2D eigenvalue weighted by molar-refractivity contribution is -0.148. The van der Waals surface area contributed by atoms with Crippen molar-refractivity contribution in [3.05, 3.63) is 35.9 Å². The summed E-state index contributed by atoms with van der Waals surface area (Å²) in [6, 6.07) is 8.88. The highest BCUT2D eigenvalue weighted by Crippen LogP contribution is 2.25. The van der Waals surface area contributed by atoms with Crippen molar-refractivity contribution in [1.82, 2.24) is 5.32 Å². The van der Waals surface area contributed by atoms with E-state index in [1.54, 1.807) is 31.2 Å². The molecule has 0 aliphatic carbocycles. The molecule has 1 amide bonds. The van der Waals surface area contributed by atoms with Gasteiger partial charge in [-0.05, 0) is 18.4 Å². The molecule has 1 aromatic rings. The third-order valence-electron chi connectivity index (χ3n) is 3.52. The van der Waals surface area contributed by atoms with Crippen LogP contribution in [0, 0.1) is 0 Å². The lowest BCUT2D eigenvalue weighted by Gasteiger charge is -2.30. The number of carboxylic acids is 1. The molecule has 0 saturated heterocycles. The molecule has 0 aromatic heterocycles. The van der Waals surface area contributed by atoms with E-state index in [-0.39, 0.29) is 5.91 Å². The highest BCUT2D eigenvalue weighted by Gasteiger charge is 2.39. The quantitative estimate of drug-likeness (QED) is 0.718. The van der Waals surface area contributed by atoms with Gasteiger partial charge in [0.05, 0.1) is 0 Å². The van der Waals surface area contributed by atoms with E-state index in [1.807, 2.05) is 6.07 Å². The van der Waals surface area contributed by atoms with Gasteiger partial charge in [0.25, 0.3) is 0 Å². The minimum atomic E-state index is -1.33. The van der Waals surface area contributed by atoms with Gasteiger partial charge in [-0.15, -0.1) is 0 Å². The number of carboxylic acid groups (broad SMARTS) is 1. The topological polar surface area (TPSA) is 66.4 Å². The van der Waals surface area contributed by atoms with E-state index in [4.69, 9.17) is 0 Å². The molecule has 20 heavy (non-hydrogen) atoms. The molecule has 110 valence electrons. The third kappa shape index (κ3) is 3.83. The third-order valence-corrected chi connectivity index (χ3v) is 3.52. The van der Waals surface area contributed by atoms with Gasteiger partial charge in [-0.3, -0.25) is 4.79 Å². The van der Waals surface area contributed by atoms with Crippen LogP contribution in [0.15, 0.2) is 30.3 Å². The van der Waals surface area contributed by atoms with Crippen molar-refractivity contribution in [2.24, 2.45) is 0 Å². The van der Waals surface area contributed by atoms with Gasteiger partial charge in [-0.2, -0.15) is 0 Å². The number of aliphatic carboxylic acids is 1. The van der Waals surface area contributed by atoms with Crippen LogP contribution >= 0.6 is 0 Å². The lowest BCUT2D eigenvalue weighted by atomic mass is 9.87. The number of amides is 1. The van der Waals surface area contributed by atoms with E-state index in [2.05, 4.69) is 12.2 Å². The van der Waals surface area contributed by atoms with E-state index >= 15 is 0 Å². The second-order valence-corrected chi connectivity index (χ2v) is 4.94. The minimum Gasteiger partial charge on any atom is -0.479 e. The Balaban J connectivity index is 2.90. The Kier molecular flexibility index (Phi) is 6.22. The summed E-state index contributed by atoms with van der Waals surface area (Å²) in [6.07, 6.45) is 3.48. The maximum absolute atomic E-state index is 12.0. The maximum atomic E-state index is 12.0. The summed E-state index contributed by atoms with van der Waals surface area (Å²) in [5.74, 6) is -1.22. The van der Waals surface area contributed by atoms with E-state index < -0.39 is 11.5 Å². The molecule has 4 heteroatoms. The summed E-state index contributed by atoms with van der Waals surface area (Å²) < 4.78 is 0. The predicted molar refractivity (Wildman–Crippen MR) is 78.3 cm³/mol. The van der Waals surface area contributed by atoms with Gasteiger partial charge in [0, 0.05) is 6.42 Å². The Hall–Kier alpha value is -1.84. The molecule has 0 spiro atoms. The molecular formula is C16H23NO3. The molecular weight excluding hydrogens is 254 g/mol. The van der Waals surface area contributed by atoms with Crippen LogP contribution in [0.5, 0.6) is 0 Å². The van der Waals surface area contributed by atoms with Crippen molar-refractivity contribution in [2.45, 2.75) is 51.5 Å². The summed E-state index contributed by atoms with van der Waals surface area (Å²) in [5.41, 5.74) is -0.719. The Morgan fingerprint density at radius 3 is 2.30 bits per heavy atom. The molecule has 0 radical (unpaired) electrons. The van der Waals surface area contributed by atoms with Gasteiger partial charge < -0.3 is 10.4 Å². The number of rotatable bonds is 8. The van der Waals surface area contributed by atoms with Crippen molar-refractivity contribution in [1.29, 1.82) is 0 Å². The Morgan fingerprint density at radius 2 is 1.80 bits per heavy atom. The maximum Gasteiger partial charge on any atom is 0.334 e. The lowest BCUT2D eigenvalue weighted by Crippen LogP contribution is -2.51. The Bertz CT molecular complexity index is 444. The molecule has 1 atom stereocenters. The fourth-order valence-electron chi connectivity index (χ4n) is 2.25. The molecule has 0 aliphatic rings. The standard InChI is InChI=1S/C16H23NO3/c1-3-5-7-12-14(18)17-16(4-2,15(19)20)13-10-8-6-9-11-13/h6,8-11H,3-5,7,12H2,1-2H3,(H,17,18)(H,19,20). The number of benzene rings is 1. The summed E-state index contributed by atoms with van der Waals surface area (Å²) in [7, 11) is 0. The first-order chi connectivity index (χ1) is 9.56. The van der Waals surface area contributed by atoms with Crippen LogP contribution in [-0.4, -0.2) is 17.0 Å². The van der Waals surface area contributed by atoms with Gasteiger partial charge in [0.1, 0.15) is 0 Å². The normalized spacial score (nSPS) is 13.5. The smallest absolute Gasteiger partial charge is 0.334 e. The van der Waals surface area contributed by atoms with E-state index in [9.17, 15) is 14.7 Å². The second kappa shape index (κ2) is 7.68. The first-order valence-electron chi connectivity index (χ1n) is 7.16. The van der Waals surface area contributed by atoms with E-state index in [1.165, 1.54) is 0 Å². The monoisotopic (exact) mass is 277 g/mol. The largest absolute Gasteiger partial charge is 0.479 e. The summed E-state index contributed by atoms with van der Waals surface area (Å²) in [6.45, 7) is 3.84. The van der Waals surface area contributed by atoms with Crippen molar-refractivity contribution < 1.29 is 14.7 Å². The number of nitrogens with one attached hydrogen (secondary N) is 1. The molecule has 0 heterocycles. The van der Waals surface area contributed by atoms with E-state index in [0.717, 1.165) is 19.3 Å². The summed E-state index contributed by atoms with van der Waals surface area (Å²) >= 11 is 0. The zero-order valence-electron chi connectivity index (χ0n) is 12.2. The minimum absolute atomic E-state index is 0.202. The van der Waals surface area contributed by atoms with Crippen LogP contribution < -0.4 is 5.32 Å². The first-order valence-corrected chi connectivity index (χ1v) is 7.16. The number of unbranched alkanes of at least 4 members (excludes halogenated alkanes) is 2. The number of carbonyl (C=O) groups is 2. The van der Waals surface area contributed by atoms with Gasteiger partial charge in [-0.25, -0.2) is 4.79 Å². The molecule has 1 aromatic carbocycles. The van der Waals surface area contributed by atoms with Gasteiger partial charge >= 0.3 is 5.97 Å². The fourth-order valence-corrected chi connectivity index (χ4v) is 2.25. The predicted octanol–water partition coefficient (Wildman–Crippen LogP) is 3.07. The highest BCUT2D eigenvalue weighted by molar-refractivity contribution is 5.88. The molecule has 1 unspecified atom stereocenters. The van der Waals surface area contributed by atoms with Crippen LogP contribution in [0.2, 0.25) is 0 Å². The van der Waals surface area contributed by atoms with Crippen LogP contribution in [0.4, 0.5) is 0 Å². The van der Waals surface area contributed by atoms with Gasteiger partial charge in [0.15, 0.2) is 5.54 Å². The fraction of sp³-hybridized carbons (Fsp3) is 0.500. The Labute approximate surface area is 120 Å². The first kappa shape index (κ1) is 16.2. The molecule has 4 nitrogen and oxygen atoms in total. The van der Waals surface area contributed by atoms with Gasteiger partial charge in [-0.1, -0.05) is 57.0 Å². The molecule has 0 fully saturated rings. The van der Waals surface area contributed by atoms with Crippen molar-refractivity contribution in [2.75, 3.05) is 0 Å². The number of hydrogen-bond donors (Lipinski definition) is 2. The zero-order chi connectivity index (χ0) is 15.0. The summed E-state index contributed by atoms with van der Waals surface area (Å²) in [5, 5.41) is 12.3. The van der Waals surface area contributed by atoms with Crippen LogP contribution in [0.25, 0.3) is 0 Å². The Morgan fingerprint density at radius 1 is 1.15 bits per heavy atom. The van der Waals surface area contributed by atoms with Crippen LogP contribution in [-0.2, 0) is 15.1 Å². The van der Waals surface area contributed by atoms with Crippen LogP contribution in [0.3, 0.4) is 0 Å². The summed E-state index contributed by atoms with van der Waals surface area (Å²) in [4.78, 5) is 23.7. The molecule has 0 aliphatic heterocycles. The van der Waals surface area contributed by atoms with Crippen molar-refractivity contribution in [3.8, 4) is 0 Å². The average Bonchev–Trinajstić information content (AvgIpc) is 2.45. The molecule has 0 saturated carbocycles. The molecule has 2 N–H and O–H groups in total. The van der Waals surface area contributed by atoms with Gasteiger partial charge in [0.2, 0.25) is 5.91 Å². The van der Waals surface area contributed by atoms with Crippen molar-refractivity contribution in [3.63, 3.8) is 0 Å². The second-order valence-electron chi connectivity index (χ2n) is 4.94. The highest BCUT2D eigenvalue weighted by atomic mass is 16.4. The zero-order valence-corrected chi connectivity index (χ0v) is 12.2. The molecule has 0 bridgehead atoms.